The van der Waals surface area contributed by atoms with E-state index in [-0.39, 0.29) is 5.91 Å². The number of ether oxygens (including phenoxy) is 2. The minimum Gasteiger partial charge on any atom is -0.495 e. The quantitative estimate of drug-likeness (QED) is 0.691. The number of hydrogen-bond donors (Lipinski definition) is 1. The first kappa shape index (κ1) is 18.4. The van der Waals surface area contributed by atoms with Crippen molar-refractivity contribution >= 4 is 34.8 Å². The van der Waals surface area contributed by atoms with Crippen molar-refractivity contribution in [3.05, 3.63) is 52.0 Å². The van der Waals surface area contributed by atoms with Crippen molar-refractivity contribution in [3.8, 4) is 11.5 Å². The van der Waals surface area contributed by atoms with Crippen LogP contribution in [0.3, 0.4) is 0 Å². The van der Waals surface area contributed by atoms with Crippen molar-refractivity contribution in [2.45, 2.75) is 19.8 Å². The predicted octanol–water partition coefficient (Wildman–Crippen LogP) is 5.11. The summed E-state index contributed by atoms with van der Waals surface area (Å²) in [6.07, 6.45) is 0.946. The Hall–Kier alpha value is -1.91. The topological polar surface area (TPSA) is 47.6 Å². The first-order chi connectivity index (χ1) is 11.5. The van der Waals surface area contributed by atoms with Gasteiger partial charge in [0, 0.05) is 22.5 Å². The molecule has 0 fully saturated rings. The number of carbonyl (C=O) groups excluding carboxylic acids is 1. The van der Waals surface area contributed by atoms with Gasteiger partial charge in [-0.3, -0.25) is 4.79 Å². The first-order valence-corrected chi connectivity index (χ1v) is 8.27. The van der Waals surface area contributed by atoms with Gasteiger partial charge in [0.25, 0.3) is 0 Å². The van der Waals surface area contributed by atoms with Gasteiger partial charge in [-0.05, 0) is 49.2 Å². The third-order valence-electron chi connectivity index (χ3n) is 3.39. The Labute approximate surface area is 151 Å². The molecule has 0 aromatic heterocycles. The number of rotatable bonds is 7. The highest BCUT2D eigenvalue weighted by molar-refractivity contribution is 6.31. The molecule has 0 saturated carbocycles. The standard InChI is InChI=1S/C18H19Cl2NO3/c1-12-10-16(17(23-2)11-15(12)20)21-18(22)4-3-9-24-14-7-5-13(19)6-8-14/h5-8,10-11H,3-4,9H2,1-2H3,(H,21,22). The molecule has 4 nitrogen and oxygen atoms in total. The highest BCUT2D eigenvalue weighted by Crippen LogP contribution is 2.31. The Morgan fingerprint density at radius 3 is 2.54 bits per heavy atom. The Balaban J connectivity index is 1.81. The molecule has 6 heteroatoms. The van der Waals surface area contributed by atoms with Crippen LogP contribution in [0.15, 0.2) is 36.4 Å². The zero-order chi connectivity index (χ0) is 17.5. The lowest BCUT2D eigenvalue weighted by Crippen LogP contribution is -2.13. The lowest BCUT2D eigenvalue weighted by molar-refractivity contribution is -0.116. The maximum Gasteiger partial charge on any atom is 0.224 e. The SMILES string of the molecule is COc1cc(Cl)c(C)cc1NC(=O)CCCOc1ccc(Cl)cc1. The number of amides is 1. The fourth-order valence-corrected chi connectivity index (χ4v) is 2.38. The van der Waals surface area contributed by atoms with E-state index in [0.717, 1.165) is 11.3 Å². The van der Waals surface area contributed by atoms with Crippen LogP contribution in [0, 0.1) is 6.92 Å². The zero-order valence-electron chi connectivity index (χ0n) is 13.6. The fraction of sp³-hybridized carbons (Fsp3) is 0.278. The second-order valence-electron chi connectivity index (χ2n) is 5.26. The maximum absolute atomic E-state index is 12.1. The molecule has 0 unspecified atom stereocenters. The highest BCUT2D eigenvalue weighted by atomic mass is 35.5. The summed E-state index contributed by atoms with van der Waals surface area (Å²) in [6.45, 7) is 2.32. The van der Waals surface area contributed by atoms with Crippen LogP contribution >= 0.6 is 23.2 Å². The van der Waals surface area contributed by atoms with Gasteiger partial charge in [-0.25, -0.2) is 0 Å². The van der Waals surface area contributed by atoms with Crippen molar-refractivity contribution < 1.29 is 14.3 Å². The van der Waals surface area contributed by atoms with E-state index in [1.165, 1.54) is 7.11 Å². The second kappa shape index (κ2) is 8.81. The number of halogens is 2. The summed E-state index contributed by atoms with van der Waals surface area (Å²) in [7, 11) is 1.54. The van der Waals surface area contributed by atoms with Crippen molar-refractivity contribution in [2.24, 2.45) is 0 Å². The molecule has 2 aromatic rings. The number of hydrogen-bond acceptors (Lipinski definition) is 3. The number of methoxy groups -OCH3 is 1. The molecule has 0 saturated heterocycles. The van der Waals surface area contributed by atoms with Crippen molar-refractivity contribution in [1.82, 2.24) is 0 Å². The molecule has 0 heterocycles. The molecular weight excluding hydrogens is 349 g/mol. The Morgan fingerprint density at radius 1 is 1.17 bits per heavy atom. The van der Waals surface area contributed by atoms with E-state index in [4.69, 9.17) is 32.7 Å². The molecule has 0 aliphatic rings. The van der Waals surface area contributed by atoms with E-state index in [1.807, 2.05) is 6.92 Å². The largest absolute Gasteiger partial charge is 0.495 e. The van der Waals surface area contributed by atoms with E-state index in [1.54, 1.807) is 36.4 Å². The third kappa shape index (κ3) is 5.32. The minimum atomic E-state index is -0.102. The van der Waals surface area contributed by atoms with Crippen LogP contribution in [0.5, 0.6) is 11.5 Å². The lowest BCUT2D eigenvalue weighted by Gasteiger charge is -2.12. The smallest absolute Gasteiger partial charge is 0.224 e. The van der Waals surface area contributed by atoms with E-state index < -0.39 is 0 Å². The Morgan fingerprint density at radius 2 is 1.88 bits per heavy atom. The second-order valence-corrected chi connectivity index (χ2v) is 6.10. The molecule has 2 aromatic carbocycles. The van der Waals surface area contributed by atoms with Crippen molar-refractivity contribution in [1.29, 1.82) is 0 Å². The molecule has 0 radical (unpaired) electrons. The molecule has 0 atom stereocenters. The summed E-state index contributed by atoms with van der Waals surface area (Å²) in [6, 6.07) is 10.6. The van der Waals surface area contributed by atoms with Gasteiger partial charge in [0.05, 0.1) is 19.4 Å². The predicted molar refractivity (Wildman–Crippen MR) is 97.6 cm³/mol. The summed E-state index contributed by atoms with van der Waals surface area (Å²) in [4.78, 5) is 12.1. The fourth-order valence-electron chi connectivity index (χ4n) is 2.10. The van der Waals surface area contributed by atoms with E-state index in [2.05, 4.69) is 5.32 Å². The van der Waals surface area contributed by atoms with E-state index in [9.17, 15) is 4.79 Å². The van der Waals surface area contributed by atoms with Crippen molar-refractivity contribution in [2.75, 3.05) is 19.0 Å². The number of anilines is 1. The monoisotopic (exact) mass is 367 g/mol. The highest BCUT2D eigenvalue weighted by Gasteiger charge is 2.10. The summed E-state index contributed by atoms with van der Waals surface area (Å²) in [5.74, 6) is 1.17. The van der Waals surface area contributed by atoms with E-state index in [0.29, 0.717) is 40.9 Å². The van der Waals surface area contributed by atoms with Gasteiger partial charge >= 0.3 is 0 Å². The Bertz CT molecular complexity index is 702. The van der Waals surface area contributed by atoms with Gasteiger partial charge in [-0.2, -0.15) is 0 Å². The number of benzene rings is 2. The summed E-state index contributed by atoms with van der Waals surface area (Å²) in [5, 5.41) is 4.10. The van der Waals surface area contributed by atoms with Crippen molar-refractivity contribution in [3.63, 3.8) is 0 Å². The molecular formula is C18H19Cl2NO3. The molecule has 128 valence electrons. The molecule has 2 rings (SSSR count). The Kier molecular flexibility index (Phi) is 6.76. The summed E-state index contributed by atoms with van der Waals surface area (Å²) >= 11 is 11.9. The van der Waals surface area contributed by atoms with Gasteiger partial charge in [0.2, 0.25) is 5.91 Å². The average Bonchev–Trinajstić information content (AvgIpc) is 2.56. The van der Waals surface area contributed by atoms with E-state index >= 15 is 0 Å². The van der Waals surface area contributed by atoms with Crippen LogP contribution < -0.4 is 14.8 Å². The van der Waals surface area contributed by atoms with Gasteiger partial charge < -0.3 is 14.8 Å². The number of nitrogens with one attached hydrogen (secondary N) is 1. The molecule has 0 spiro atoms. The number of aryl methyl sites for hydroxylation is 1. The minimum absolute atomic E-state index is 0.102. The third-order valence-corrected chi connectivity index (χ3v) is 4.04. The average molecular weight is 368 g/mol. The number of carbonyl (C=O) groups is 1. The molecule has 0 aliphatic heterocycles. The van der Waals surface area contributed by atoms with Crippen LogP contribution in [-0.2, 0) is 4.79 Å². The molecule has 0 bridgehead atoms. The molecule has 1 N–H and O–H groups in total. The van der Waals surface area contributed by atoms with Crippen LogP contribution in [0.2, 0.25) is 10.0 Å². The zero-order valence-corrected chi connectivity index (χ0v) is 15.1. The summed E-state index contributed by atoms with van der Waals surface area (Å²) in [5.41, 5.74) is 1.49. The van der Waals surface area contributed by atoms with Gasteiger partial charge in [0.1, 0.15) is 11.5 Å². The summed E-state index contributed by atoms with van der Waals surface area (Å²) < 4.78 is 10.8. The maximum atomic E-state index is 12.1. The lowest BCUT2D eigenvalue weighted by atomic mass is 10.2. The molecule has 24 heavy (non-hydrogen) atoms. The van der Waals surface area contributed by atoms with Gasteiger partial charge in [-0.1, -0.05) is 23.2 Å². The molecule has 0 aliphatic carbocycles. The van der Waals surface area contributed by atoms with Crippen LogP contribution in [0.1, 0.15) is 18.4 Å². The van der Waals surface area contributed by atoms with Crippen LogP contribution in [0.4, 0.5) is 5.69 Å². The van der Waals surface area contributed by atoms with Crippen LogP contribution in [0.25, 0.3) is 0 Å². The van der Waals surface area contributed by atoms with Gasteiger partial charge in [0.15, 0.2) is 0 Å². The van der Waals surface area contributed by atoms with Gasteiger partial charge in [-0.15, -0.1) is 0 Å². The normalized spacial score (nSPS) is 10.3. The first-order valence-electron chi connectivity index (χ1n) is 7.52. The van der Waals surface area contributed by atoms with Crippen LogP contribution in [-0.4, -0.2) is 19.6 Å². The molecule has 1 amide bonds.